The number of nitrogens with one attached hydrogen (secondary N) is 1. The van der Waals surface area contributed by atoms with Gasteiger partial charge in [-0.05, 0) is 32.9 Å². The Labute approximate surface area is 124 Å². The second kappa shape index (κ2) is 5.26. The van der Waals surface area contributed by atoms with Crippen LogP contribution in [0.15, 0.2) is 43.0 Å². The fourth-order valence-corrected chi connectivity index (χ4v) is 2.09. The smallest absolute Gasteiger partial charge is 0.157 e. The summed E-state index contributed by atoms with van der Waals surface area (Å²) in [6.07, 6.45) is 5.34. The molecule has 0 fully saturated rings. The van der Waals surface area contributed by atoms with Gasteiger partial charge in [-0.2, -0.15) is 0 Å². The average Bonchev–Trinajstić information content (AvgIpc) is 2.89. The van der Waals surface area contributed by atoms with E-state index >= 15 is 0 Å². The first-order valence-electron chi connectivity index (χ1n) is 7.01. The van der Waals surface area contributed by atoms with E-state index in [2.05, 4.69) is 41.0 Å². The van der Waals surface area contributed by atoms with Crippen molar-refractivity contribution >= 4 is 11.0 Å². The third kappa shape index (κ3) is 3.08. The summed E-state index contributed by atoms with van der Waals surface area (Å²) in [5.41, 5.74) is 2.96. The zero-order chi connectivity index (χ0) is 14.9. The molecule has 3 rings (SSSR count). The van der Waals surface area contributed by atoms with Crippen LogP contribution in [0, 0.1) is 0 Å². The van der Waals surface area contributed by atoms with Crippen LogP contribution in [-0.2, 0) is 6.54 Å². The summed E-state index contributed by atoms with van der Waals surface area (Å²) in [7, 11) is 0. The molecule has 0 spiro atoms. The van der Waals surface area contributed by atoms with Gasteiger partial charge in [0.2, 0.25) is 0 Å². The molecule has 0 aliphatic carbocycles. The summed E-state index contributed by atoms with van der Waals surface area (Å²) in [5, 5.41) is 3.42. The molecule has 5 nitrogen and oxygen atoms in total. The molecule has 0 radical (unpaired) electrons. The van der Waals surface area contributed by atoms with Crippen LogP contribution in [0.5, 0.6) is 0 Å². The van der Waals surface area contributed by atoms with Crippen molar-refractivity contribution in [3.63, 3.8) is 0 Å². The Morgan fingerprint density at radius 2 is 1.95 bits per heavy atom. The second-order valence-corrected chi connectivity index (χ2v) is 6.08. The van der Waals surface area contributed by atoms with Gasteiger partial charge in [0.25, 0.3) is 0 Å². The molecule has 1 N–H and O–H groups in total. The van der Waals surface area contributed by atoms with Gasteiger partial charge in [-0.15, -0.1) is 0 Å². The van der Waals surface area contributed by atoms with Crippen molar-refractivity contribution in [3.05, 3.63) is 48.7 Å². The Bertz CT molecular complexity index is 754. The van der Waals surface area contributed by atoms with Gasteiger partial charge < -0.3 is 5.32 Å². The van der Waals surface area contributed by atoms with Gasteiger partial charge in [-0.1, -0.05) is 12.1 Å². The number of hydrogen-bond acceptors (Lipinski definition) is 4. The Hall–Kier alpha value is -2.27. The lowest BCUT2D eigenvalue weighted by molar-refractivity contribution is 0.421. The fourth-order valence-electron chi connectivity index (χ4n) is 2.09. The van der Waals surface area contributed by atoms with Crippen molar-refractivity contribution in [3.8, 4) is 5.82 Å². The van der Waals surface area contributed by atoms with Crippen LogP contribution < -0.4 is 5.32 Å². The number of aromatic nitrogens is 4. The second-order valence-electron chi connectivity index (χ2n) is 6.08. The SMILES string of the molecule is CC(C)(C)NCc1cncc(-n2cnc3ccccc32)n1. The van der Waals surface area contributed by atoms with Gasteiger partial charge in [0.05, 0.1) is 22.9 Å². The predicted octanol–water partition coefficient (Wildman–Crippen LogP) is 2.70. The summed E-state index contributed by atoms with van der Waals surface area (Å²) in [6, 6.07) is 8.00. The van der Waals surface area contributed by atoms with Crippen LogP contribution >= 0.6 is 0 Å². The van der Waals surface area contributed by atoms with E-state index in [1.807, 2.05) is 28.8 Å². The van der Waals surface area contributed by atoms with Crippen molar-refractivity contribution in [2.24, 2.45) is 0 Å². The Morgan fingerprint density at radius 3 is 2.76 bits per heavy atom. The average molecular weight is 281 g/mol. The first kappa shape index (κ1) is 13.7. The molecule has 0 atom stereocenters. The van der Waals surface area contributed by atoms with Gasteiger partial charge in [0, 0.05) is 18.3 Å². The van der Waals surface area contributed by atoms with Crippen LogP contribution in [0.4, 0.5) is 0 Å². The minimum atomic E-state index is 0.0549. The fraction of sp³-hybridized carbons (Fsp3) is 0.312. The zero-order valence-corrected chi connectivity index (χ0v) is 12.5. The molecule has 2 aromatic heterocycles. The lowest BCUT2D eigenvalue weighted by Gasteiger charge is -2.20. The van der Waals surface area contributed by atoms with Crippen molar-refractivity contribution in [1.82, 2.24) is 24.8 Å². The van der Waals surface area contributed by atoms with Crippen LogP contribution in [0.25, 0.3) is 16.9 Å². The number of hydrogen-bond donors (Lipinski definition) is 1. The minimum absolute atomic E-state index is 0.0549. The van der Waals surface area contributed by atoms with Crippen molar-refractivity contribution in [2.45, 2.75) is 32.9 Å². The summed E-state index contributed by atoms with van der Waals surface area (Å²) in [6.45, 7) is 7.09. The topological polar surface area (TPSA) is 55.6 Å². The molecule has 0 aliphatic rings. The first-order chi connectivity index (χ1) is 10.0. The standard InChI is InChI=1S/C16H19N5/c1-16(2,3)19-9-12-8-17-10-15(20-12)21-11-18-13-6-4-5-7-14(13)21/h4-8,10-11,19H,9H2,1-3H3. The minimum Gasteiger partial charge on any atom is -0.306 e. The number of rotatable bonds is 3. The molecule has 108 valence electrons. The molecule has 5 heteroatoms. The molecule has 2 heterocycles. The third-order valence-electron chi connectivity index (χ3n) is 3.17. The van der Waals surface area contributed by atoms with Gasteiger partial charge in [0.1, 0.15) is 6.33 Å². The highest BCUT2D eigenvalue weighted by molar-refractivity contribution is 5.76. The Balaban J connectivity index is 1.92. The highest BCUT2D eigenvalue weighted by Crippen LogP contribution is 2.16. The molecule has 0 saturated heterocycles. The van der Waals surface area contributed by atoms with Crippen molar-refractivity contribution in [1.29, 1.82) is 0 Å². The van der Waals surface area contributed by atoms with Gasteiger partial charge in [0.15, 0.2) is 5.82 Å². The van der Waals surface area contributed by atoms with E-state index in [0.717, 1.165) is 22.5 Å². The molecular formula is C16H19N5. The van der Waals surface area contributed by atoms with Gasteiger partial charge >= 0.3 is 0 Å². The van der Waals surface area contributed by atoms with Crippen LogP contribution in [0.3, 0.4) is 0 Å². The number of fused-ring (bicyclic) bond motifs is 1. The molecule has 0 bridgehead atoms. The van der Waals surface area contributed by atoms with E-state index < -0.39 is 0 Å². The lowest BCUT2D eigenvalue weighted by atomic mass is 10.1. The maximum Gasteiger partial charge on any atom is 0.157 e. The van der Waals surface area contributed by atoms with Gasteiger partial charge in [-0.3, -0.25) is 9.55 Å². The lowest BCUT2D eigenvalue weighted by Crippen LogP contribution is -2.35. The summed E-state index contributed by atoms with van der Waals surface area (Å²) >= 11 is 0. The first-order valence-corrected chi connectivity index (χ1v) is 7.01. The van der Waals surface area contributed by atoms with Gasteiger partial charge in [-0.25, -0.2) is 9.97 Å². The predicted molar refractivity (Wildman–Crippen MR) is 83.3 cm³/mol. The molecule has 0 aliphatic heterocycles. The quantitative estimate of drug-likeness (QED) is 0.802. The van der Waals surface area contributed by atoms with E-state index in [1.165, 1.54) is 0 Å². The van der Waals surface area contributed by atoms with Crippen LogP contribution in [0.1, 0.15) is 26.5 Å². The maximum absolute atomic E-state index is 4.67. The normalized spacial score (nSPS) is 12.0. The highest BCUT2D eigenvalue weighted by Gasteiger charge is 2.10. The van der Waals surface area contributed by atoms with E-state index in [1.54, 1.807) is 18.7 Å². The third-order valence-corrected chi connectivity index (χ3v) is 3.17. The zero-order valence-electron chi connectivity index (χ0n) is 12.5. The number of para-hydroxylation sites is 2. The van der Waals surface area contributed by atoms with Crippen molar-refractivity contribution in [2.75, 3.05) is 0 Å². The highest BCUT2D eigenvalue weighted by atomic mass is 15.1. The van der Waals surface area contributed by atoms with E-state index in [9.17, 15) is 0 Å². The molecule has 0 unspecified atom stereocenters. The summed E-state index contributed by atoms with van der Waals surface area (Å²) in [4.78, 5) is 13.4. The number of nitrogens with zero attached hydrogens (tertiary/aromatic N) is 4. The maximum atomic E-state index is 4.67. The molecule has 0 amide bonds. The van der Waals surface area contributed by atoms with Crippen molar-refractivity contribution < 1.29 is 0 Å². The largest absolute Gasteiger partial charge is 0.306 e. The molecule has 21 heavy (non-hydrogen) atoms. The number of benzene rings is 1. The molecule has 1 aromatic carbocycles. The number of imidazole rings is 1. The Morgan fingerprint density at radius 1 is 1.14 bits per heavy atom. The van der Waals surface area contributed by atoms with E-state index in [4.69, 9.17) is 0 Å². The Kier molecular flexibility index (Phi) is 3.43. The monoisotopic (exact) mass is 281 g/mol. The van der Waals surface area contributed by atoms with E-state index in [-0.39, 0.29) is 5.54 Å². The molecular weight excluding hydrogens is 262 g/mol. The molecule has 3 aromatic rings. The van der Waals surface area contributed by atoms with Crippen LogP contribution in [0.2, 0.25) is 0 Å². The van der Waals surface area contributed by atoms with Crippen LogP contribution in [-0.4, -0.2) is 25.1 Å². The summed E-state index contributed by atoms with van der Waals surface area (Å²) < 4.78 is 1.96. The summed E-state index contributed by atoms with van der Waals surface area (Å²) in [5.74, 6) is 0.789. The van der Waals surface area contributed by atoms with E-state index in [0.29, 0.717) is 6.54 Å². The molecule has 0 saturated carbocycles.